The zero-order chi connectivity index (χ0) is 21.6. The van der Waals surface area contributed by atoms with Crippen LogP contribution in [0.25, 0.3) is 0 Å². The Morgan fingerprint density at radius 1 is 1.19 bits per heavy atom. The minimum Gasteiger partial charge on any atom is -0.443 e. The Morgan fingerprint density at radius 2 is 1.94 bits per heavy atom. The molecule has 2 aromatic heterocycles. The van der Waals surface area contributed by atoms with E-state index in [0.717, 1.165) is 56.8 Å². The number of morpholine rings is 1. The molecule has 0 bridgehead atoms. The van der Waals surface area contributed by atoms with Crippen molar-refractivity contribution in [1.82, 2.24) is 35.3 Å². The van der Waals surface area contributed by atoms with Crippen LogP contribution in [-0.2, 0) is 30.3 Å². The van der Waals surface area contributed by atoms with Gasteiger partial charge in [-0.1, -0.05) is 20.8 Å². The molecule has 1 fully saturated rings. The predicted molar refractivity (Wildman–Crippen MR) is 130 cm³/mol. The summed E-state index contributed by atoms with van der Waals surface area (Å²) in [6.07, 6.45) is 1.79. The fourth-order valence-corrected chi connectivity index (χ4v) is 2.97. The maximum absolute atomic E-state index is 5.88. The van der Waals surface area contributed by atoms with E-state index in [2.05, 4.69) is 56.5 Å². The molecule has 0 radical (unpaired) electrons. The summed E-state index contributed by atoms with van der Waals surface area (Å²) < 4.78 is 13.2. The minimum atomic E-state index is -0.0678. The molecule has 1 aliphatic heterocycles. The van der Waals surface area contributed by atoms with Crippen molar-refractivity contribution in [3.8, 4) is 0 Å². The minimum absolute atomic E-state index is 0. The van der Waals surface area contributed by atoms with Crippen molar-refractivity contribution in [3.05, 3.63) is 29.5 Å². The van der Waals surface area contributed by atoms with Crippen LogP contribution in [-0.4, -0.2) is 70.0 Å². The van der Waals surface area contributed by atoms with Gasteiger partial charge >= 0.3 is 0 Å². The zero-order valence-corrected chi connectivity index (χ0v) is 21.5. The number of aliphatic imine (C=N–C) groups is 1. The first-order chi connectivity index (χ1) is 14.3. The Balaban J connectivity index is 0.00000341. The van der Waals surface area contributed by atoms with Gasteiger partial charge in [-0.25, -0.2) is 9.98 Å². The van der Waals surface area contributed by atoms with Crippen LogP contribution < -0.4 is 10.6 Å². The number of hydrogen-bond acceptors (Lipinski definition) is 7. The van der Waals surface area contributed by atoms with Crippen molar-refractivity contribution in [2.75, 3.05) is 39.4 Å². The first-order valence-electron chi connectivity index (χ1n) is 10.5. The number of guanidine groups is 1. The van der Waals surface area contributed by atoms with Crippen molar-refractivity contribution in [3.63, 3.8) is 0 Å². The third-order valence-corrected chi connectivity index (χ3v) is 5.09. The molecule has 0 spiro atoms. The van der Waals surface area contributed by atoms with E-state index in [4.69, 9.17) is 9.15 Å². The largest absolute Gasteiger partial charge is 0.443 e. The Kier molecular flexibility index (Phi) is 9.69. The molecule has 2 N–H and O–H groups in total. The molecule has 2 aromatic rings. The Labute approximate surface area is 201 Å². The van der Waals surface area contributed by atoms with E-state index < -0.39 is 0 Å². The first kappa shape index (κ1) is 25.5. The van der Waals surface area contributed by atoms with Crippen molar-refractivity contribution in [2.24, 2.45) is 12.0 Å². The summed E-state index contributed by atoms with van der Waals surface area (Å²) in [4.78, 5) is 11.4. The average Bonchev–Trinajstić information content (AvgIpc) is 3.32. The van der Waals surface area contributed by atoms with Gasteiger partial charge < -0.3 is 24.4 Å². The molecule has 0 atom stereocenters. The molecule has 0 aromatic carbocycles. The third kappa shape index (κ3) is 7.72. The van der Waals surface area contributed by atoms with E-state index in [1.807, 2.05) is 18.5 Å². The van der Waals surface area contributed by atoms with Gasteiger partial charge in [0.1, 0.15) is 18.1 Å². The normalized spacial score (nSPS) is 15.6. The molecule has 0 unspecified atom stereocenters. The lowest BCUT2D eigenvalue weighted by Crippen LogP contribution is -2.44. The van der Waals surface area contributed by atoms with Gasteiger partial charge in [0.15, 0.2) is 11.8 Å². The first-order valence-corrected chi connectivity index (χ1v) is 10.5. The number of rotatable bonds is 7. The van der Waals surface area contributed by atoms with Crippen LogP contribution in [0.1, 0.15) is 44.1 Å². The number of oxazole rings is 1. The van der Waals surface area contributed by atoms with Crippen LogP contribution in [0.5, 0.6) is 0 Å². The second kappa shape index (κ2) is 11.8. The van der Waals surface area contributed by atoms with E-state index in [9.17, 15) is 0 Å². The van der Waals surface area contributed by atoms with Gasteiger partial charge in [0.05, 0.1) is 26.0 Å². The van der Waals surface area contributed by atoms with Gasteiger partial charge in [0, 0.05) is 38.6 Å². The summed E-state index contributed by atoms with van der Waals surface area (Å²) >= 11 is 0. The van der Waals surface area contributed by atoms with Gasteiger partial charge in [-0.05, 0) is 6.92 Å². The summed E-state index contributed by atoms with van der Waals surface area (Å²) in [6, 6.07) is 0. The Morgan fingerprint density at radius 3 is 2.55 bits per heavy atom. The maximum atomic E-state index is 5.88. The van der Waals surface area contributed by atoms with E-state index in [0.29, 0.717) is 24.9 Å². The number of halogens is 1. The standard InChI is InChI=1S/C20H34N8O2.HI/c1-15-25-26-17(27(15)5)13-23-19(21-6-7-28-8-10-29-11-9-28)24-14-18-22-12-16(30-18)20(2,3)4;/h12H,6-11,13-14H2,1-5H3,(H2,21,23,24);1H. The molecule has 1 aliphatic rings. The topological polar surface area (TPSA) is 106 Å². The molecule has 1 saturated heterocycles. The Hall–Kier alpha value is -1.73. The number of nitrogens with one attached hydrogen (secondary N) is 2. The number of aromatic nitrogens is 4. The van der Waals surface area contributed by atoms with Crippen LogP contribution in [0.3, 0.4) is 0 Å². The second-order valence-corrected chi connectivity index (χ2v) is 8.49. The van der Waals surface area contributed by atoms with Gasteiger partial charge in [-0.3, -0.25) is 4.90 Å². The molecule has 0 saturated carbocycles. The zero-order valence-electron chi connectivity index (χ0n) is 19.1. The lowest BCUT2D eigenvalue weighted by Gasteiger charge is -2.26. The molecule has 0 aliphatic carbocycles. The fourth-order valence-electron chi connectivity index (χ4n) is 2.97. The molecule has 11 heteroatoms. The number of ether oxygens (including phenoxy) is 1. The highest BCUT2D eigenvalue weighted by Crippen LogP contribution is 2.22. The van der Waals surface area contributed by atoms with Crippen LogP contribution in [0.4, 0.5) is 0 Å². The number of hydrogen-bond donors (Lipinski definition) is 2. The van der Waals surface area contributed by atoms with Crippen molar-refractivity contribution in [2.45, 2.75) is 46.2 Å². The molecular formula is C20H35IN8O2. The van der Waals surface area contributed by atoms with Gasteiger partial charge in [0.2, 0.25) is 5.89 Å². The summed E-state index contributed by atoms with van der Waals surface area (Å²) in [6.45, 7) is 14.4. The molecular weight excluding hydrogens is 511 g/mol. The maximum Gasteiger partial charge on any atom is 0.213 e. The molecule has 31 heavy (non-hydrogen) atoms. The molecule has 174 valence electrons. The van der Waals surface area contributed by atoms with Gasteiger partial charge in [0.25, 0.3) is 0 Å². The van der Waals surface area contributed by atoms with E-state index >= 15 is 0 Å². The number of nitrogens with zero attached hydrogens (tertiary/aromatic N) is 6. The molecule has 0 amide bonds. The molecule has 3 rings (SSSR count). The highest BCUT2D eigenvalue weighted by Gasteiger charge is 2.19. The highest BCUT2D eigenvalue weighted by molar-refractivity contribution is 14.0. The van der Waals surface area contributed by atoms with Crippen LogP contribution in [0, 0.1) is 6.92 Å². The number of aryl methyl sites for hydroxylation is 1. The monoisotopic (exact) mass is 546 g/mol. The lowest BCUT2D eigenvalue weighted by molar-refractivity contribution is 0.0389. The fraction of sp³-hybridized carbons (Fsp3) is 0.700. The van der Waals surface area contributed by atoms with Crippen LogP contribution >= 0.6 is 24.0 Å². The van der Waals surface area contributed by atoms with E-state index in [1.54, 1.807) is 6.20 Å². The third-order valence-electron chi connectivity index (χ3n) is 5.09. The lowest BCUT2D eigenvalue weighted by atomic mass is 9.94. The van der Waals surface area contributed by atoms with E-state index in [-0.39, 0.29) is 29.4 Å². The van der Waals surface area contributed by atoms with Crippen molar-refractivity contribution < 1.29 is 9.15 Å². The van der Waals surface area contributed by atoms with Gasteiger partial charge in [-0.15, -0.1) is 34.2 Å². The van der Waals surface area contributed by atoms with Crippen molar-refractivity contribution >= 4 is 29.9 Å². The van der Waals surface area contributed by atoms with Crippen molar-refractivity contribution in [1.29, 1.82) is 0 Å². The summed E-state index contributed by atoms with van der Waals surface area (Å²) in [5.74, 6) is 3.88. The quantitative estimate of drug-likeness (QED) is 0.307. The molecule has 3 heterocycles. The predicted octanol–water partition coefficient (Wildman–Crippen LogP) is 1.59. The molecule has 10 nitrogen and oxygen atoms in total. The van der Waals surface area contributed by atoms with Crippen LogP contribution in [0.2, 0.25) is 0 Å². The summed E-state index contributed by atoms with van der Waals surface area (Å²) in [5.41, 5.74) is -0.0678. The van der Waals surface area contributed by atoms with Gasteiger partial charge in [-0.2, -0.15) is 0 Å². The van der Waals surface area contributed by atoms with E-state index in [1.165, 1.54) is 0 Å². The summed E-state index contributed by atoms with van der Waals surface area (Å²) in [5, 5.41) is 15.0. The smallest absolute Gasteiger partial charge is 0.213 e. The Bertz CT molecular complexity index is 837. The van der Waals surface area contributed by atoms with Crippen LogP contribution in [0.15, 0.2) is 15.6 Å². The highest BCUT2D eigenvalue weighted by atomic mass is 127. The SMILES string of the molecule is Cc1nnc(CN=C(NCCN2CCOCC2)NCc2ncc(C(C)(C)C)o2)n1C.I. The second-order valence-electron chi connectivity index (χ2n) is 8.49. The average molecular weight is 546 g/mol. The summed E-state index contributed by atoms with van der Waals surface area (Å²) in [7, 11) is 1.94.